The van der Waals surface area contributed by atoms with Crippen molar-refractivity contribution in [3.63, 3.8) is 0 Å². The van der Waals surface area contributed by atoms with Crippen LogP contribution < -0.4 is 5.32 Å². The summed E-state index contributed by atoms with van der Waals surface area (Å²) in [5.74, 6) is 4.13. The number of likely N-dealkylation sites (N-methyl/N-ethyl adjacent to an activating group) is 1. The van der Waals surface area contributed by atoms with Gasteiger partial charge in [0.15, 0.2) is 0 Å². The molecule has 106 valence electrons. The van der Waals surface area contributed by atoms with E-state index in [4.69, 9.17) is 4.74 Å². The third-order valence-corrected chi connectivity index (χ3v) is 5.90. The second-order valence-electron chi connectivity index (χ2n) is 6.85. The van der Waals surface area contributed by atoms with E-state index < -0.39 is 0 Å². The Bertz CT molecular complexity index is 368. The van der Waals surface area contributed by atoms with E-state index in [0.29, 0.717) is 18.4 Å². The Labute approximate surface area is 114 Å². The molecule has 2 bridgehead atoms. The molecule has 1 aliphatic heterocycles. The SMILES string of the molecule is CNCC1CN(C(=O)C2C3C4CCC(C4)C23)CCO1. The Morgan fingerprint density at radius 3 is 2.74 bits per heavy atom. The average molecular weight is 264 g/mol. The number of amides is 1. The third-order valence-electron chi connectivity index (χ3n) is 5.90. The minimum Gasteiger partial charge on any atom is -0.373 e. The van der Waals surface area contributed by atoms with E-state index in [2.05, 4.69) is 10.2 Å². The third kappa shape index (κ3) is 1.83. The Morgan fingerprint density at radius 1 is 1.32 bits per heavy atom. The predicted octanol–water partition coefficient (Wildman–Crippen LogP) is 0.725. The first-order chi connectivity index (χ1) is 9.29. The normalized spacial score (nSPS) is 47.3. The molecule has 4 rings (SSSR count). The van der Waals surface area contributed by atoms with Crippen LogP contribution in [0.4, 0.5) is 0 Å². The average Bonchev–Trinajstić information content (AvgIpc) is 2.86. The lowest BCUT2D eigenvalue weighted by Crippen LogP contribution is -2.49. The highest BCUT2D eigenvalue weighted by molar-refractivity contribution is 5.83. The molecular formula is C15H24N2O2. The van der Waals surface area contributed by atoms with Crippen LogP contribution in [0.25, 0.3) is 0 Å². The number of hydrogen-bond donors (Lipinski definition) is 1. The monoisotopic (exact) mass is 264 g/mol. The summed E-state index contributed by atoms with van der Waals surface area (Å²) in [6.45, 7) is 3.12. The van der Waals surface area contributed by atoms with Gasteiger partial charge in [0, 0.05) is 25.6 Å². The molecule has 4 fully saturated rings. The van der Waals surface area contributed by atoms with Gasteiger partial charge in [0.25, 0.3) is 0 Å². The summed E-state index contributed by atoms with van der Waals surface area (Å²) in [5.41, 5.74) is 0. The second-order valence-corrected chi connectivity index (χ2v) is 6.85. The first kappa shape index (κ1) is 12.2. The van der Waals surface area contributed by atoms with E-state index in [0.717, 1.165) is 43.3 Å². The molecule has 1 N–H and O–H groups in total. The maximum atomic E-state index is 12.7. The molecule has 0 aromatic rings. The van der Waals surface area contributed by atoms with Crippen LogP contribution in [-0.4, -0.2) is 50.2 Å². The molecule has 4 nitrogen and oxygen atoms in total. The van der Waals surface area contributed by atoms with Crippen molar-refractivity contribution in [1.82, 2.24) is 10.2 Å². The van der Waals surface area contributed by atoms with Crippen molar-refractivity contribution in [2.45, 2.75) is 25.4 Å². The standard InChI is InChI=1S/C15H24N2O2/c1-16-7-11-8-17(4-5-19-11)15(18)14-12-9-2-3-10(6-9)13(12)14/h9-14,16H,2-8H2,1H3. The van der Waals surface area contributed by atoms with Crippen molar-refractivity contribution in [3.8, 4) is 0 Å². The highest BCUT2D eigenvalue weighted by atomic mass is 16.5. The molecule has 0 aromatic heterocycles. The molecule has 0 aromatic carbocycles. The molecule has 1 saturated heterocycles. The van der Waals surface area contributed by atoms with Crippen LogP contribution in [0.1, 0.15) is 19.3 Å². The molecule has 19 heavy (non-hydrogen) atoms. The van der Waals surface area contributed by atoms with Crippen LogP contribution in [0.3, 0.4) is 0 Å². The molecule has 1 heterocycles. The fourth-order valence-electron chi connectivity index (χ4n) is 5.14. The van der Waals surface area contributed by atoms with Gasteiger partial charge in [0.2, 0.25) is 5.91 Å². The van der Waals surface area contributed by atoms with Gasteiger partial charge in [0.1, 0.15) is 0 Å². The number of ether oxygens (including phenoxy) is 1. The molecular weight excluding hydrogens is 240 g/mol. The van der Waals surface area contributed by atoms with Crippen LogP contribution in [0.5, 0.6) is 0 Å². The molecule has 4 heteroatoms. The van der Waals surface area contributed by atoms with Gasteiger partial charge >= 0.3 is 0 Å². The molecule has 4 aliphatic rings. The summed E-state index contributed by atoms with van der Waals surface area (Å²) in [4.78, 5) is 14.8. The zero-order valence-electron chi connectivity index (χ0n) is 11.7. The maximum Gasteiger partial charge on any atom is 0.226 e. The van der Waals surface area contributed by atoms with Crippen LogP contribution in [0.15, 0.2) is 0 Å². The number of hydrogen-bond acceptors (Lipinski definition) is 3. The van der Waals surface area contributed by atoms with Crippen LogP contribution in [0.2, 0.25) is 0 Å². The smallest absolute Gasteiger partial charge is 0.226 e. The fourth-order valence-corrected chi connectivity index (χ4v) is 5.14. The summed E-state index contributed by atoms with van der Waals surface area (Å²) in [6.07, 6.45) is 4.38. The predicted molar refractivity (Wildman–Crippen MR) is 71.5 cm³/mol. The van der Waals surface area contributed by atoms with Crippen molar-refractivity contribution in [3.05, 3.63) is 0 Å². The van der Waals surface area contributed by atoms with Gasteiger partial charge in [0.05, 0.1) is 12.7 Å². The number of fused-ring (bicyclic) bond motifs is 5. The summed E-state index contributed by atoms with van der Waals surface area (Å²) in [5, 5.41) is 3.14. The highest BCUT2D eigenvalue weighted by Crippen LogP contribution is 2.69. The summed E-state index contributed by atoms with van der Waals surface area (Å²) < 4.78 is 5.69. The van der Waals surface area contributed by atoms with Gasteiger partial charge in [-0.05, 0) is 50.0 Å². The second kappa shape index (κ2) is 4.45. The van der Waals surface area contributed by atoms with Crippen LogP contribution >= 0.6 is 0 Å². The van der Waals surface area contributed by atoms with Gasteiger partial charge in [-0.3, -0.25) is 4.79 Å². The zero-order chi connectivity index (χ0) is 13.0. The van der Waals surface area contributed by atoms with E-state index in [1.54, 1.807) is 0 Å². The molecule has 3 aliphatic carbocycles. The lowest BCUT2D eigenvalue weighted by atomic mass is 10.0. The van der Waals surface area contributed by atoms with E-state index in [1.165, 1.54) is 19.3 Å². The lowest BCUT2D eigenvalue weighted by Gasteiger charge is -2.33. The van der Waals surface area contributed by atoms with Crippen molar-refractivity contribution in [1.29, 1.82) is 0 Å². The topological polar surface area (TPSA) is 41.6 Å². The Hall–Kier alpha value is -0.610. The molecule has 0 spiro atoms. The number of nitrogens with zero attached hydrogens (tertiary/aromatic N) is 1. The molecule has 5 atom stereocenters. The van der Waals surface area contributed by atoms with Gasteiger partial charge in [-0.25, -0.2) is 0 Å². The van der Waals surface area contributed by atoms with Crippen molar-refractivity contribution < 1.29 is 9.53 Å². The number of carbonyl (C=O) groups excluding carboxylic acids is 1. The van der Waals surface area contributed by atoms with Crippen LogP contribution in [0, 0.1) is 29.6 Å². The first-order valence-electron chi connectivity index (χ1n) is 7.84. The zero-order valence-corrected chi connectivity index (χ0v) is 11.7. The highest BCUT2D eigenvalue weighted by Gasteiger charge is 2.68. The van der Waals surface area contributed by atoms with E-state index in [9.17, 15) is 4.79 Å². The first-order valence-corrected chi connectivity index (χ1v) is 7.84. The molecule has 5 unspecified atom stereocenters. The minimum absolute atomic E-state index is 0.179. The van der Waals surface area contributed by atoms with Gasteiger partial charge in [-0.1, -0.05) is 0 Å². The molecule has 3 saturated carbocycles. The summed E-state index contributed by atoms with van der Waals surface area (Å²) in [6, 6.07) is 0. The van der Waals surface area contributed by atoms with Gasteiger partial charge in [-0.2, -0.15) is 0 Å². The maximum absolute atomic E-state index is 12.7. The number of nitrogens with one attached hydrogen (secondary N) is 1. The van der Waals surface area contributed by atoms with Crippen molar-refractivity contribution in [2.75, 3.05) is 33.3 Å². The fraction of sp³-hybridized carbons (Fsp3) is 0.933. The van der Waals surface area contributed by atoms with Crippen molar-refractivity contribution >= 4 is 5.91 Å². The molecule has 1 amide bonds. The van der Waals surface area contributed by atoms with E-state index >= 15 is 0 Å². The summed E-state index contributed by atoms with van der Waals surface area (Å²) >= 11 is 0. The number of carbonyl (C=O) groups is 1. The van der Waals surface area contributed by atoms with E-state index in [-0.39, 0.29) is 6.10 Å². The summed E-state index contributed by atoms with van der Waals surface area (Å²) in [7, 11) is 1.94. The minimum atomic E-state index is 0.179. The Balaban J connectivity index is 1.39. The van der Waals surface area contributed by atoms with E-state index in [1.807, 2.05) is 7.05 Å². The Kier molecular flexibility index (Phi) is 2.85. The quantitative estimate of drug-likeness (QED) is 0.817. The van der Waals surface area contributed by atoms with Crippen LogP contribution in [-0.2, 0) is 9.53 Å². The van der Waals surface area contributed by atoms with Crippen molar-refractivity contribution in [2.24, 2.45) is 29.6 Å². The lowest BCUT2D eigenvalue weighted by molar-refractivity contribution is -0.141. The molecule has 0 radical (unpaired) electrons. The number of morpholine rings is 1. The largest absolute Gasteiger partial charge is 0.373 e. The number of rotatable bonds is 3. The Morgan fingerprint density at radius 2 is 2.05 bits per heavy atom. The van der Waals surface area contributed by atoms with Gasteiger partial charge in [-0.15, -0.1) is 0 Å². The van der Waals surface area contributed by atoms with Gasteiger partial charge < -0.3 is 15.0 Å².